The summed E-state index contributed by atoms with van der Waals surface area (Å²) in [5, 5.41) is 0.173. The van der Waals surface area contributed by atoms with Crippen molar-refractivity contribution in [2.24, 2.45) is 0 Å². The molecule has 0 bridgehead atoms. The number of hydrogen-bond donors (Lipinski definition) is 0. The van der Waals surface area contributed by atoms with E-state index in [4.69, 9.17) is 21.6 Å². The lowest BCUT2D eigenvalue weighted by Gasteiger charge is -2.35. The van der Waals surface area contributed by atoms with E-state index in [1.807, 2.05) is 12.3 Å². The summed E-state index contributed by atoms with van der Waals surface area (Å²) in [4.78, 5) is 14.3. The second kappa shape index (κ2) is 7.59. The number of rotatable bonds is 3. The van der Waals surface area contributed by atoms with Crippen LogP contribution >= 0.6 is 11.6 Å². The van der Waals surface area contributed by atoms with Crippen molar-refractivity contribution >= 4 is 11.6 Å². The molecule has 1 aromatic heterocycles. The number of halogens is 2. The molecule has 3 heterocycles. The minimum Gasteiger partial charge on any atom is -0.302 e. The molecule has 1 aromatic carbocycles. The Balaban J connectivity index is 1.56. The highest BCUT2D eigenvalue weighted by atomic mass is 35.5. The fraction of sp³-hybridized carbons (Fsp3) is 0.500. The van der Waals surface area contributed by atoms with Crippen LogP contribution in [-0.2, 0) is 19.5 Å². The summed E-state index contributed by atoms with van der Waals surface area (Å²) in [6, 6.07) is 5.28. The number of fused-ring (bicyclic) bond motifs is 1. The predicted octanol–water partition coefficient (Wildman–Crippen LogP) is 3.98. The van der Waals surface area contributed by atoms with E-state index in [1.54, 1.807) is 6.07 Å². The standard InChI is InChI=1S/C20H24ClFN4/c1-25-9-7-18-15(13-25)11-23-20(24-18)19-4-2-3-8-26(19)12-14-5-6-16(21)17(22)10-14/h5-6,10-11,19H,2-4,7-9,12-13H2,1H3/t19-/m0/s1. The zero-order valence-corrected chi connectivity index (χ0v) is 15.8. The van der Waals surface area contributed by atoms with Gasteiger partial charge in [0, 0.05) is 43.5 Å². The average molecular weight is 375 g/mol. The Bertz CT molecular complexity index is 797. The van der Waals surface area contributed by atoms with E-state index in [1.165, 1.54) is 23.7 Å². The van der Waals surface area contributed by atoms with Gasteiger partial charge in [0.1, 0.15) is 11.6 Å². The molecule has 1 fully saturated rings. The monoisotopic (exact) mass is 374 g/mol. The van der Waals surface area contributed by atoms with Gasteiger partial charge in [-0.15, -0.1) is 0 Å². The molecule has 2 aromatic rings. The van der Waals surface area contributed by atoms with Gasteiger partial charge < -0.3 is 4.90 Å². The summed E-state index contributed by atoms with van der Waals surface area (Å²) in [5.74, 6) is 0.564. The normalized spacial score (nSPS) is 21.6. The lowest BCUT2D eigenvalue weighted by molar-refractivity contribution is 0.133. The molecular formula is C20H24ClFN4. The van der Waals surface area contributed by atoms with E-state index >= 15 is 0 Å². The molecule has 4 nitrogen and oxygen atoms in total. The van der Waals surface area contributed by atoms with Crippen molar-refractivity contribution in [3.05, 3.63) is 57.9 Å². The van der Waals surface area contributed by atoms with Gasteiger partial charge in [0.25, 0.3) is 0 Å². The molecule has 2 aliphatic heterocycles. The van der Waals surface area contributed by atoms with Gasteiger partial charge in [0.15, 0.2) is 0 Å². The first-order valence-corrected chi connectivity index (χ1v) is 9.69. The largest absolute Gasteiger partial charge is 0.302 e. The molecule has 138 valence electrons. The second-order valence-electron chi connectivity index (χ2n) is 7.42. The molecule has 1 atom stereocenters. The van der Waals surface area contributed by atoms with Crippen molar-refractivity contribution in [3.8, 4) is 0 Å². The summed E-state index contributed by atoms with van der Waals surface area (Å²) in [6.07, 6.45) is 6.37. The summed E-state index contributed by atoms with van der Waals surface area (Å²) in [7, 11) is 2.13. The van der Waals surface area contributed by atoms with Gasteiger partial charge in [0.2, 0.25) is 0 Å². The fourth-order valence-electron chi connectivity index (χ4n) is 3.98. The molecule has 0 spiro atoms. The molecule has 0 radical (unpaired) electrons. The SMILES string of the molecule is CN1CCc2nc([C@@H]3CCCCN3Cc3ccc(Cl)c(F)c3)ncc2C1. The first-order chi connectivity index (χ1) is 12.6. The molecule has 1 saturated heterocycles. The lowest BCUT2D eigenvalue weighted by atomic mass is 9.99. The zero-order chi connectivity index (χ0) is 18.1. The molecule has 0 aliphatic carbocycles. The second-order valence-corrected chi connectivity index (χ2v) is 7.83. The van der Waals surface area contributed by atoms with Gasteiger partial charge in [-0.25, -0.2) is 14.4 Å². The van der Waals surface area contributed by atoms with Gasteiger partial charge in [-0.1, -0.05) is 24.1 Å². The number of likely N-dealkylation sites (tertiary alicyclic amines) is 1. The van der Waals surface area contributed by atoms with Gasteiger partial charge in [0.05, 0.1) is 11.1 Å². The highest BCUT2D eigenvalue weighted by molar-refractivity contribution is 6.30. The number of hydrogen-bond acceptors (Lipinski definition) is 4. The highest BCUT2D eigenvalue weighted by Gasteiger charge is 2.27. The van der Waals surface area contributed by atoms with Gasteiger partial charge in [-0.3, -0.25) is 4.90 Å². The Labute approximate surface area is 159 Å². The molecule has 4 rings (SSSR count). The van der Waals surface area contributed by atoms with E-state index in [0.717, 1.165) is 50.3 Å². The number of benzene rings is 1. The van der Waals surface area contributed by atoms with E-state index < -0.39 is 0 Å². The summed E-state index contributed by atoms with van der Waals surface area (Å²) in [6.45, 7) is 3.65. The van der Waals surface area contributed by atoms with Crippen LogP contribution in [0.15, 0.2) is 24.4 Å². The Morgan fingerprint density at radius 3 is 3.00 bits per heavy atom. The quantitative estimate of drug-likeness (QED) is 0.813. The topological polar surface area (TPSA) is 32.3 Å². The third kappa shape index (κ3) is 3.75. The third-order valence-electron chi connectivity index (χ3n) is 5.42. The van der Waals surface area contributed by atoms with Crippen molar-refractivity contribution in [3.63, 3.8) is 0 Å². The maximum Gasteiger partial charge on any atom is 0.145 e. The van der Waals surface area contributed by atoms with Crippen LogP contribution in [0.3, 0.4) is 0 Å². The highest BCUT2D eigenvalue weighted by Crippen LogP contribution is 2.31. The van der Waals surface area contributed by atoms with E-state index in [9.17, 15) is 4.39 Å². The number of aromatic nitrogens is 2. The van der Waals surface area contributed by atoms with Crippen LogP contribution < -0.4 is 0 Å². The molecule has 0 saturated carbocycles. The van der Waals surface area contributed by atoms with Crippen molar-refractivity contribution < 1.29 is 4.39 Å². The Morgan fingerprint density at radius 1 is 1.27 bits per heavy atom. The first kappa shape index (κ1) is 17.8. The first-order valence-electron chi connectivity index (χ1n) is 9.31. The average Bonchev–Trinajstić information content (AvgIpc) is 2.65. The lowest BCUT2D eigenvalue weighted by Crippen LogP contribution is -2.35. The maximum absolute atomic E-state index is 13.8. The van der Waals surface area contributed by atoms with Crippen LogP contribution in [0.1, 0.15) is 47.9 Å². The van der Waals surface area contributed by atoms with Crippen molar-refractivity contribution in [1.82, 2.24) is 19.8 Å². The number of piperidine rings is 1. The smallest absolute Gasteiger partial charge is 0.145 e. The number of nitrogens with zero attached hydrogens (tertiary/aromatic N) is 4. The minimum atomic E-state index is -0.355. The molecule has 2 aliphatic rings. The Hall–Kier alpha value is -1.56. The Kier molecular flexibility index (Phi) is 5.20. The van der Waals surface area contributed by atoms with Crippen LogP contribution in [0.5, 0.6) is 0 Å². The van der Waals surface area contributed by atoms with Crippen molar-refractivity contribution in [1.29, 1.82) is 0 Å². The van der Waals surface area contributed by atoms with Crippen LogP contribution in [0.4, 0.5) is 4.39 Å². The summed E-state index contributed by atoms with van der Waals surface area (Å²) in [5.41, 5.74) is 3.37. The summed E-state index contributed by atoms with van der Waals surface area (Å²) >= 11 is 5.81. The fourth-order valence-corrected chi connectivity index (χ4v) is 4.10. The van der Waals surface area contributed by atoms with E-state index in [2.05, 4.69) is 16.8 Å². The predicted molar refractivity (Wildman–Crippen MR) is 100 cm³/mol. The van der Waals surface area contributed by atoms with Crippen molar-refractivity contribution in [2.75, 3.05) is 20.1 Å². The summed E-state index contributed by atoms with van der Waals surface area (Å²) < 4.78 is 13.8. The molecule has 0 unspecified atom stereocenters. The molecule has 0 N–H and O–H groups in total. The Morgan fingerprint density at radius 2 is 2.15 bits per heavy atom. The van der Waals surface area contributed by atoms with Crippen LogP contribution in [0, 0.1) is 5.82 Å². The van der Waals surface area contributed by atoms with Crippen LogP contribution in [-0.4, -0.2) is 39.9 Å². The molecule has 6 heteroatoms. The minimum absolute atomic E-state index is 0.173. The van der Waals surface area contributed by atoms with Crippen LogP contribution in [0.2, 0.25) is 5.02 Å². The maximum atomic E-state index is 13.8. The third-order valence-corrected chi connectivity index (χ3v) is 5.73. The van der Waals surface area contributed by atoms with Gasteiger partial charge in [-0.05, 0) is 44.1 Å². The molecule has 0 amide bonds. The van der Waals surface area contributed by atoms with E-state index in [0.29, 0.717) is 6.54 Å². The molecular weight excluding hydrogens is 351 g/mol. The number of likely N-dealkylation sites (N-methyl/N-ethyl adjacent to an activating group) is 1. The van der Waals surface area contributed by atoms with Gasteiger partial charge >= 0.3 is 0 Å². The van der Waals surface area contributed by atoms with Gasteiger partial charge in [-0.2, -0.15) is 0 Å². The van der Waals surface area contributed by atoms with Crippen molar-refractivity contribution in [2.45, 2.75) is 44.8 Å². The van der Waals surface area contributed by atoms with E-state index in [-0.39, 0.29) is 16.9 Å². The zero-order valence-electron chi connectivity index (χ0n) is 15.1. The van der Waals surface area contributed by atoms with Crippen LogP contribution in [0.25, 0.3) is 0 Å². The molecule has 26 heavy (non-hydrogen) atoms.